The normalized spacial score (nSPS) is 10.5. The van der Waals surface area contributed by atoms with Gasteiger partial charge in [0.05, 0.1) is 5.54 Å². The van der Waals surface area contributed by atoms with E-state index >= 15 is 0 Å². The molecule has 0 atom stereocenters. The van der Waals surface area contributed by atoms with Crippen LogP contribution in [0.4, 0.5) is 0 Å². The van der Waals surface area contributed by atoms with Crippen molar-refractivity contribution in [3.63, 3.8) is 0 Å². The first-order valence-corrected chi connectivity index (χ1v) is 4.81. The molecular weight excluding hydrogens is 186 g/mol. The maximum absolute atomic E-state index is 11.7. The largest absolute Gasteiger partial charge is 0.336 e. The van der Waals surface area contributed by atoms with E-state index < -0.39 is 5.54 Å². The van der Waals surface area contributed by atoms with Crippen molar-refractivity contribution in [3.8, 4) is 12.3 Å². The fraction of sp³-hybridized carbons (Fsp3) is 0.308. The highest BCUT2D eigenvalue weighted by Crippen LogP contribution is 2.06. The third kappa shape index (κ3) is 3.14. The van der Waals surface area contributed by atoms with Crippen LogP contribution >= 0.6 is 0 Å². The molecule has 78 valence electrons. The molecule has 0 aromatic heterocycles. The highest BCUT2D eigenvalue weighted by molar-refractivity contribution is 5.94. The Bertz CT molecular complexity index is 396. The lowest BCUT2D eigenvalue weighted by atomic mass is 10.1. The molecular formula is C13H15NO. The summed E-state index contributed by atoms with van der Waals surface area (Å²) in [5.41, 5.74) is 1.15. The summed E-state index contributed by atoms with van der Waals surface area (Å²) in [4.78, 5) is 11.7. The van der Waals surface area contributed by atoms with Crippen molar-refractivity contribution < 1.29 is 4.79 Å². The molecule has 2 nitrogen and oxygen atoms in total. The molecule has 0 saturated heterocycles. The number of nitrogens with one attached hydrogen (secondary N) is 1. The smallest absolute Gasteiger partial charge is 0.252 e. The van der Waals surface area contributed by atoms with Gasteiger partial charge in [0.1, 0.15) is 0 Å². The lowest BCUT2D eigenvalue weighted by molar-refractivity contribution is 0.0930. The van der Waals surface area contributed by atoms with Gasteiger partial charge in [0.15, 0.2) is 0 Å². The molecule has 0 aliphatic heterocycles. The van der Waals surface area contributed by atoms with Gasteiger partial charge in [0.25, 0.3) is 5.91 Å². The summed E-state index contributed by atoms with van der Waals surface area (Å²) in [6.45, 7) is 5.56. The van der Waals surface area contributed by atoms with Gasteiger partial charge in [-0.05, 0) is 32.9 Å². The van der Waals surface area contributed by atoms with Gasteiger partial charge in [0, 0.05) is 5.56 Å². The summed E-state index contributed by atoms with van der Waals surface area (Å²) in [6, 6.07) is 7.38. The Kier molecular flexibility index (Phi) is 3.16. The number of carbonyl (C=O) groups excluding carboxylic acids is 1. The standard InChI is InChI=1S/C13H15NO/c1-5-13(3,4)14-12(15)11-8-6-10(2)7-9-11/h1,6-9H,2-4H3,(H,14,15). The second kappa shape index (κ2) is 4.18. The van der Waals surface area contributed by atoms with Crippen molar-refractivity contribution in [1.82, 2.24) is 5.32 Å². The lowest BCUT2D eigenvalue weighted by Gasteiger charge is -2.19. The molecule has 0 unspecified atom stereocenters. The number of terminal acetylenes is 1. The fourth-order valence-corrected chi connectivity index (χ4v) is 1.10. The van der Waals surface area contributed by atoms with Crippen LogP contribution in [-0.2, 0) is 0 Å². The van der Waals surface area contributed by atoms with E-state index in [1.165, 1.54) is 0 Å². The van der Waals surface area contributed by atoms with Crippen LogP contribution in [0.2, 0.25) is 0 Å². The van der Waals surface area contributed by atoms with Crippen LogP contribution in [0.15, 0.2) is 24.3 Å². The molecule has 1 amide bonds. The zero-order valence-corrected chi connectivity index (χ0v) is 9.29. The number of hydrogen-bond acceptors (Lipinski definition) is 1. The summed E-state index contributed by atoms with van der Waals surface area (Å²) < 4.78 is 0. The molecule has 1 aromatic rings. The molecule has 0 radical (unpaired) electrons. The number of benzene rings is 1. The summed E-state index contributed by atoms with van der Waals surface area (Å²) in [6.07, 6.45) is 5.29. The Labute approximate surface area is 90.7 Å². The first-order chi connectivity index (χ1) is 6.94. The second-order valence-corrected chi connectivity index (χ2v) is 4.09. The van der Waals surface area contributed by atoms with Gasteiger partial charge in [-0.3, -0.25) is 4.79 Å². The van der Waals surface area contributed by atoms with Gasteiger partial charge in [-0.15, -0.1) is 6.42 Å². The van der Waals surface area contributed by atoms with Crippen LogP contribution < -0.4 is 5.32 Å². The van der Waals surface area contributed by atoms with E-state index in [9.17, 15) is 4.79 Å². The second-order valence-electron chi connectivity index (χ2n) is 4.09. The number of rotatable bonds is 2. The van der Waals surface area contributed by atoms with Gasteiger partial charge in [-0.25, -0.2) is 0 Å². The van der Waals surface area contributed by atoms with E-state index in [0.29, 0.717) is 5.56 Å². The quantitative estimate of drug-likeness (QED) is 0.730. The molecule has 0 bridgehead atoms. The summed E-state index contributed by atoms with van der Waals surface area (Å²) in [5.74, 6) is 2.38. The third-order valence-electron chi connectivity index (χ3n) is 2.10. The molecule has 0 aliphatic rings. The van der Waals surface area contributed by atoms with Crippen molar-refractivity contribution in [2.75, 3.05) is 0 Å². The van der Waals surface area contributed by atoms with E-state index in [2.05, 4.69) is 11.2 Å². The average Bonchev–Trinajstić information content (AvgIpc) is 2.18. The van der Waals surface area contributed by atoms with Crippen molar-refractivity contribution in [3.05, 3.63) is 35.4 Å². The highest BCUT2D eigenvalue weighted by Gasteiger charge is 2.17. The Balaban J connectivity index is 2.79. The summed E-state index contributed by atoms with van der Waals surface area (Å²) in [5, 5.41) is 2.77. The van der Waals surface area contributed by atoms with Gasteiger partial charge < -0.3 is 5.32 Å². The highest BCUT2D eigenvalue weighted by atomic mass is 16.1. The van der Waals surface area contributed by atoms with E-state index in [1.54, 1.807) is 26.0 Å². The van der Waals surface area contributed by atoms with E-state index in [4.69, 9.17) is 6.42 Å². The minimum Gasteiger partial charge on any atom is -0.336 e. The molecule has 0 fully saturated rings. The van der Waals surface area contributed by atoms with Crippen LogP contribution in [0.25, 0.3) is 0 Å². The first-order valence-electron chi connectivity index (χ1n) is 4.81. The number of amides is 1. The van der Waals surface area contributed by atoms with Crippen LogP contribution in [0.3, 0.4) is 0 Å². The number of hydrogen-bond donors (Lipinski definition) is 1. The van der Waals surface area contributed by atoms with Crippen molar-refractivity contribution in [2.24, 2.45) is 0 Å². The van der Waals surface area contributed by atoms with Crippen molar-refractivity contribution in [2.45, 2.75) is 26.3 Å². The SMILES string of the molecule is C#CC(C)(C)NC(=O)c1ccc(C)cc1. The van der Waals surface area contributed by atoms with Gasteiger partial charge in [-0.2, -0.15) is 0 Å². The zero-order valence-electron chi connectivity index (χ0n) is 9.29. The van der Waals surface area contributed by atoms with E-state index in [-0.39, 0.29) is 5.91 Å². The average molecular weight is 201 g/mol. The predicted octanol–water partition coefficient (Wildman–Crippen LogP) is 2.14. The molecule has 2 heteroatoms. The molecule has 1 rings (SSSR count). The molecule has 1 N–H and O–H groups in total. The molecule has 0 saturated carbocycles. The van der Waals surface area contributed by atoms with Crippen LogP contribution in [-0.4, -0.2) is 11.4 Å². The Morgan fingerprint density at radius 1 is 1.33 bits per heavy atom. The maximum Gasteiger partial charge on any atom is 0.252 e. The monoisotopic (exact) mass is 201 g/mol. The minimum atomic E-state index is -0.609. The van der Waals surface area contributed by atoms with Gasteiger partial charge in [-0.1, -0.05) is 23.6 Å². The Morgan fingerprint density at radius 3 is 2.33 bits per heavy atom. The predicted molar refractivity (Wildman–Crippen MR) is 61.6 cm³/mol. The molecule has 0 aliphatic carbocycles. The van der Waals surface area contributed by atoms with E-state index in [0.717, 1.165) is 5.56 Å². The molecule has 15 heavy (non-hydrogen) atoms. The molecule has 0 spiro atoms. The van der Waals surface area contributed by atoms with Gasteiger partial charge >= 0.3 is 0 Å². The minimum absolute atomic E-state index is 0.141. The maximum atomic E-state index is 11.7. The summed E-state index contributed by atoms with van der Waals surface area (Å²) >= 11 is 0. The van der Waals surface area contributed by atoms with Crippen molar-refractivity contribution >= 4 is 5.91 Å². The third-order valence-corrected chi connectivity index (χ3v) is 2.10. The number of carbonyl (C=O) groups is 1. The number of aryl methyl sites for hydroxylation is 1. The summed E-state index contributed by atoms with van der Waals surface area (Å²) in [7, 11) is 0. The Morgan fingerprint density at radius 2 is 1.87 bits per heavy atom. The molecule has 1 aromatic carbocycles. The topological polar surface area (TPSA) is 29.1 Å². The Hall–Kier alpha value is -1.75. The lowest BCUT2D eigenvalue weighted by Crippen LogP contribution is -2.42. The van der Waals surface area contributed by atoms with Gasteiger partial charge in [0.2, 0.25) is 0 Å². The zero-order chi connectivity index (χ0) is 11.5. The van der Waals surface area contributed by atoms with E-state index in [1.807, 2.05) is 19.1 Å². The van der Waals surface area contributed by atoms with Crippen molar-refractivity contribution in [1.29, 1.82) is 0 Å². The van der Waals surface area contributed by atoms with Crippen LogP contribution in [0.1, 0.15) is 29.8 Å². The first kappa shape index (κ1) is 11.3. The van der Waals surface area contributed by atoms with Crippen LogP contribution in [0.5, 0.6) is 0 Å². The van der Waals surface area contributed by atoms with Crippen LogP contribution in [0, 0.1) is 19.3 Å². The fourth-order valence-electron chi connectivity index (χ4n) is 1.10. The molecule has 0 heterocycles.